The van der Waals surface area contributed by atoms with Crippen molar-refractivity contribution in [3.8, 4) is 11.4 Å². The van der Waals surface area contributed by atoms with Gasteiger partial charge in [0.25, 0.3) is 5.56 Å². The van der Waals surface area contributed by atoms with Gasteiger partial charge >= 0.3 is 5.97 Å². The van der Waals surface area contributed by atoms with Gasteiger partial charge in [0.2, 0.25) is 0 Å². The number of hydrogen-bond donors (Lipinski definition) is 0. The van der Waals surface area contributed by atoms with Gasteiger partial charge in [0.1, 0.15) is 5.75 Å². The largest absolute Gasteiger partial charge is 0.497 e. The molecule has 32 heavy (non-hydrogen) atoms. The Morgan fingerprint density at radius 3 is 2.16 bits per heavy atom. The van der Waals surface area contributed by atoms with Crippen molar-refractivity contribution in [3.63, 3.8) is 0 Å². The van der Waals surface area contributed by atoms with Gasteiger partial charge in [-0.1, -0.05) is 36.4 Å². The highest BCUT2D eigenvalue weighted by atomic mass is 16.5. The van der Waals surface area contributed by atoms with Crippen LogP contribution in [0, 0.1) is 0 Å². The van der Waals surface area contributed by atoms with E-state index in [1.54, 1.807) is 11.7 Å². The van der Waals surface area contributed by atoms with Gasteiger partial charge in [0.15, 0.2) is 0 Å². The summed E-state index contributed by atoms with van der Waals surface area (Å²) < 4.78 is 14.0. The molecular weight excluding hydrogens is 404 g/mol. The summed E-state index contributed by atoms with van der Waals surface area (Å²) in [6, 6.07) is 23.0. The van der Waals surface area contributed by atoms with E-state index in [0.29, 0.717) is 11.9 Å². The summed E-state index contributed by atoms with van der Waals surface area (Å²) in [7, 11) is 3.01. The van der Waals surface area contributed by atoms with Crippen LogP contribution in [-0.4, -0.2) is 29.3 Å². The minimum absolute atomic E-state index is 0.0888. The molecule has 0 unspecified atom stereocenters. The van der Waals surface area contributed by atoms with E-state index in [2.05, 4.69) is 4.57 Å². The van der Waals surface area contributed by atoms with Crippen molar-refractivity contribution < 1.29 is 14.3 Å². The van der Waals surface area contributed by atoms with E-state index in [9.17, 15) is 9.59 Å². The fourth-order valence-corrected chi connectivity index (χ4v) is 4.40. The Labute approximate surface area is 184 Å². The molecular formula is C26H22N2O4. The van der Waals surface area contributed by atoms with Crippen LogP contribution in [0.15, 0.2) is 77.6 Å². The molecule has 5 aromatic rings. The molecule has 0 bridgehead atoms. The van der Waals surface area contributed by atoms with E-state index in [4.69, 9.17) is 9.47 Å². The molecule has 0 spiro atoms. The first kappa shape index (κ1) is 19.9. The maximum Gasteiger partial charge on any atom is 0.307 e. The number of methoxy groups -OCH3 is 2. The molecule has 2 aromatic heterocycles. The lowest BCUT2D eigenvalue weighted by Gasteiger charge is -2.13. The van der Waals surface area contributed by atoms with Crippen molar-refractivity contribution in [2.75, 3.05) is 14.2 Å². The Kier molecular flexibility index (Phi) is 4.90. The summed E-state index contributed by atoms with van der Waals surface area (Å²) >= 11 is 0. The molecule has 0 saturated carbocycles. The van der Waals surface area contributed by atoms with E-state index >= 15 is 0 Å². The number of para-hydroxylation sites is 1. The molecule has 0 aliphatic heterocycles. The predicted octanol–water partition coefficient (Wildman–Crippen LogP) is 4.67. The number of pyridine rings is 1. The first-order valence-electron chi connectivity index (χ1n) is 10.4. The Morgan fingerprint density at radius 2 is 1.47 bits per heavy atom. The Balaban J connectivity index is 1.94. The zero-order valence-corrected chi connectivity index (χ0v) is 17.9. The Bertz CT molecular complexity index is 1530. The van der Waals surface area contributed by atoms with E-state index < -0.39 is 0 Å². The average Bonchev–Trinajstić information content (AvgIpc) is 3.17. The minimum Gasteiger partial charge on any atom is -0.497 e. The number of carbonyl (C=O) groups is 1. The van der Waals surface area contributed by atoms with Gasteiger partial charge in [-0.15, -0.1) is 0 Å². The van der Waals surface area contributed by atoms with E-state index in [1.165, 1.54) is 7.11 Å². The fraction of sp³-hybridized carbons (Fsp3) is 0.154. The van der Waals surface area contributed by atoms with Gasteiger partial charge in [0.05, 0.1) is 37.2 Å². The molecule has 0 radical (unpaired) electrons. The third-order valence-electron chi connectivity index (χ3n) is 5.88. The molecule has 0 atom stereocenters. The number of aromatic nitrogens is 2. The second kappa shape index (κ2) is 7.89. The number of esters is 1. The Morgan fingerprint density at radius 1 is 0.812 bits per heavy atom. The van der Waals surface area contributed by atoms with Crippen molar-refractivity contribution in [2.24, 2.45) is 0 Å². The van der Waals surface area contributed by atoms with Crippen LogP contribution < -0.4 is 10.3 Å². The van der Waals surface area contributed by atoms with Crippen LogP contribution in [0.3, 0.4) is 0 Å². The third-order valence-corrected chi connectivity index (χ3v) is 5.88. The first-order chi connectivity index (χ1) is 15.6. The molecule has 0 N–H and O–H groups in total. The molecule has 160 valence electrons. The van der Waals surface area contributed by atoms with Gasteiger partial charge in [-0.3, -0.25) is 14.2 Å². The molecule has 6 heteroatoms. The quantitative estimate of drug-likeness (QED) is 0.383. The maximum absolute atomic E-state index is 13.7. The maximum atomic E-state index is 13.7. The Hall–Kier alpha value is -4.06. The molecule has 6 nitrogen and oxygen atoms in total. The lowest BCUT2D eigenvalue weighted by Crippen LogP contribution is -2.19. The van der Waals surface area contributed by atoms with Gasteiger partial charge in [-0.2, -0.15) is 0 Å². The van der Waals surface area contributed by atoms with Crippen LogP contribution in [0.2, 0.25) is 0 Å². The molecule has 5 rings (SSSR count). The van der Waals surface area contributed by atoms with E-state index in [1.807, 2.05) is 72.8 Å². The number of fused-ring (bicyclic) bond motifs is 5. The number of rotatable bonds is 5. The summed E-state index contributed by atoms with van der Waals surface area (Å²) in [5.74, 6) is 0.447. The molecule has 0 aliphatic rings. The second-order valence-corrected chi connectivity index (χ2v) is 7.58. The van der Waals surface area contributed by atoms with E-state index in [-0.39, 0.29) is 17.9 Å². The van der Waals surface area contributed by atoms with Crippen LogP contribution in [-0.2, 0) is 16.1 Å². The standard InChI is InChI=1S/C26H22N2O4/c1-31-18-13-11-17(12-14-18)28-25-21-9-5-6-10-22(21)27(16-15-23(29)32-2)24(25)19-7-3-4-8-20(19)26(28)30/h3-14H,15-16H2,1-2H3. The number of benzene rings is 3. The van der Waals surface area contributed by atoms with Crippen LogP contribution in [0.25, 0.3) is 38.4 Å². The van der Waals surface area contributed by atoms with Crippen molar-refractivity contribution in [1.29, 1.82) is 0 Å². The number of carbonyl (C=O) groups excluding carboxylic acids is 1. The highest BCUT2D eigenvalue weighted by Gasteiger charge is 2.20. The lowest BCUT2D eigenvalue weighted by molar-refractivity contribution is -0.140. The number of hydrogen-bond acceptors (Lipinski definition) is 4. The molecule has 0 amide bonds. The van der Waals surface area contributed by atoms with Crippen molar-refractivity contribution >= 4 is 38.7 Å². The molecule has 0 fully saturated rings. The molecule has 3 aromatic carbocycles. The molecule has 2 heterocycles. The van der Waals surface area contributed by atoms with Crippen LogP contribution in [0.1, 0.15) is 6.42 Å². The smallest absolute Gasteiger partial charge is 0.307 e. The normalized spacial score (nSPS) is 11.3. The monoisotopic (exact) mass is 426 g/mol. The summed E-state index contributed by atoms with van der Waals surface area (Å²) in [4.78, 5) is 25.7. The first-order valence-corrected chi connectivity index (χ1v) is 10.4. The summed E-state index contributed by atoms with van der Waals surface area (Å²) in [6.45, 7) is 0.446. The highest BCUT2D eigenvalue weighted by molar-refractivity contribution is 6.16. The number of ether oxygens (including phenoxy) is 2. The summed E-state index contributed by atoms with van der Waals surface area (Å²) in [5.41, 5.74) is 3.36. The van der Waals surface area contributed by atoms with Crippen LogP contribution in [0.4, 0.5) is 0 Å². The zero-order valence-electron chi connectivity index (χ0n) is 17.9. The van der Waals surface area contributed by atoms with Crippen molar-refractivity contribution in [3.05, 3.63) is 83.2 Å². The second-order valence-electron chi connectivity index (χ2n) is 7.58. The molecule has 0 saturated heterocycles. The lowest BCUT2D eigenvalue weighted by atomic mass is 10.1. The zero-order chi connectivity index (χ0) is 22.2. The predicted molar refractivity (Wildman–Crippen MR) is 126 cm³/mol. The van der Waals surface area contributed by atoms with E-state index in [0.717, 1.165) is 38.8 Å². The third kappa shape index (κ3) is 3.03. The SMILES string of the molecule is COC(=O)CCn1c2ccccc2c2c1c1ccccc1c(=O)n2-c1ccc(OC)cc1. The van der Waals surface area contributed by atoms with Gasteiger partial charge < -0.3 is 14.0 Å². The van der Waals surface area contributed by atoms with Crippen molar-refractivity contribution in [1.82, 2.24) is 9.13 Å². The average molecular weight is 426 g/mol. The van der Waals surface area contributed by atoms with Crippen molar-refractivity contribution in [2.45, 2.75) is 13.0 Å². The number of nitrogens with zero attached hydrogens (tertiary/aromatic N) is 2. The van der Waals surface area contributed by atoms with Gasteiger partial charge in [-0.25, -0.2) is 0 Å². The minimum atomic E-state index is -0.274. The van der Waals surface area contributed by atoms with Crippen LogP contribution in [0.5, 0.6) is 5.75 Å². The van der Waals surface area contributed by atoms with Crippen LogP contribution >= 0.6 is 0 Å². The highest BCUT2D eigenvalue weighted by Crippen LogP contribution is 2.34. The molecule has 0 aliphatic carbocycles. The topological polar surface area (TPSA) is 62.5 Å². The summed E-state index contributed by atoms with van der Waals surface area (Å²) in [6.07, 6.45) is 0.236. The summed E-state index contributed by atoms with van der Waals surface area (Å²) in [5, 5.41) is 2.43. The number of aryl methyl sites for hydroxylation is 1. The fourth-order valence-electron chi connectivity index (χ4n) is 4.40. The van der Waals surface area contributed by atoms with Gasteiger partial charge in [0, 0.05) is 28.4 Å². The van der Waals surface area contributed by atoms with Gasteiger partial charge in [-0.05, 0) is 36.4 Å².